The molecule has 0 saturated carbocycles. The second-order valence-corrected chi connectivity index (χ2v) is 7.95. The zero-order chi connectivity index (χ0) is 19.7. The molecule has 9 heteroatoms. The number of nitrogens with zero attached hydrogens (tertiary/aromatic N) is 4. The van der Waals surface area contributed by atoms with Gasteiger partial charge in [0.2, 0.25) is 0 Å². The van der Waals surface area contributed by atoms with Gasteiger partial charge in [-0.05, 0) is 36.8 Å². The molecule has 0 aliphatic heterocycles. The number of nitrogens with two attached hydrogens (primary N) is 1. The second-order valence-electron chi connectivity index (χ2n) is 6.01. The first-order valence-corrected chi connectivity index (χ1v) is 10.4. The molecule has 0 spiro atoms. The number of ether oxygens (including phenoxy) is 1. The number of benzene rings is 1. The lowest BCUT2D eigenvalue weighted by atomic mass is 10.2. The van der Waals surface area contributed by atoms with E-state index >= 15 is 0 Å². The minimum absolute atomic E-state index is 0.238. The van der Waals surface area contributed by atoms with E-state index < -0.39 is 0 Å². The number of thiophene rings is 1. The van der Waals surface area contributed by atoms with E-state index in [0.717, 1.165) is 31.6 Å². The Bertz CT molecular complexity index is 1140. The molecule has 6 nitrogen and oxygen atoms in total. The Labute approximate surface area is 169 Å². The molecule has 0 unspecified atom stereocenters. The van der Waals surface area contributed by atoms with Crippen LogP contribution in [0.3, 0.4) is 0 Å². The lowest BCUT2D eigenvalue weighted by molar-refractivity contribution is 0.386. The molecule has 3 heterocycles. The Morgan fingerprint density at radius 3 is 2.86 bits per heavy atom. The van der Waals surface area contributed by atoms with Gasteiger partial charge in [-0.1, -0.05) is 17.8 Å². The normalized spacial score (nSPS) is 11.2. The van der Waals surface area contributed by atoms with E-state index in [4.69, 9.17) is 10.5 Å². The van der Waals surface area contributed by atoms with Crippen molar-refractivity contribution >= 4 is 39.0 Å². The van der Waals surface area contributed by atoms with Gasteiger partial charge in [0.25, 0.3) is 0 Å². The monoisotopic (exact) mass is 415 g/mol. The molecule has 0 amide bonds. The number of aromatic nitrogens is 4. The van der Waals surface area contributed by atoms with Gasteiger partial charge < -0.3 is 15.0 Å². The summed E-state index contributed by atoms with van der Waals surface area (Å²) >= 11 is 3.01. The number of pyridine rings is 1. The van der Waals surface area contributed by atoms with Gasteiger partial charge in [-0.2, -0.15) is 0 Å². The molecule has 0 bridgehead atoms. The predicted molar refractivity (Wildman–Crippen MR) is 111 cm³/mol. The zero-order valence-corrected chi connectivity index (χ0v) is 17.0. The van der Waals surface area contributed by atoms with Crippen molar-refractivity contribution in [3.05, 3.63) is 47.9 Å². The summed E-state index contributed by atoms with van der Waals surface area (Å²) in [6, 6.07) is 8.78. The zero-order valence-electron chi connectivity index (χ0n) is 15.3. The van der Waals surface area contributed by atoms with Crippen LogP contribution in [0.1, 0.15) is 12.5 Å². The fraction of sp³-hybridized carbons (Fsp3) is 0.211. The van der Waals surface area contributed by atoms with Crippen molar-refractivity contribution in [3.8, 4) is 16.5 Å². The number of rotatable bonds is 6. The molecular weight excluding hydrogens is 397 g/mol. The lowest BCUT2D eigenvalue weighted by Gasteiger charge is -2.08. The van der Waals surface area contributed by atoms with Crippen LogP contribution in [0.15, 0.2) is 41.7 Å². The summed E-state index contributed by atoms with van der Waals surface area (Å²) in [5.41, 5.74) is 7.86. The Balaban J connectivity index is 1.62. The maximum Gasteiger partial charge on any atom is 0.191 e. The molecule has 2 N–H and O–H groups in total. The first-order valence-electron chi connectivity index (χ1n) is 8.64. The van der Waals surface area contributed by atoms with Crippen LogP contribution in [0.4, 0.5) is 10.1 Å². The first kappa shape index (κ1) is 18.7. The number of halogens is 1. The van der Waals surface area contributed by atoms with Crippen molar-refractivity contribution in [1.29, 1.82) is 0 Å². The topological polar surface area (TPSA) is 78.8 Å². The number of methoxy groups -OCH3 is 1. The van der Waals surface area contributed by atoms with Crippen molar-refractivity contribution in [2.24, 2.45) is 0 Å². The molecule has 28 heavy (non-hydrogen) atoms. The fourth-order valence-electron chi connectivity index (χ4n) is 2.91. The van der Waals surface area contributed by atoms with E-state index in [1.54, 1.807) is 12.3 Å². The highest BCUT2D eigenvalue weighted by molar-refractivity contribution is 7.98. The van der Waals surface area contributed by atoms with E-state index in [2.05, 4.69) is 15.2 Å². The van der Waals surface area contributed by atoms with Gasteiger partial charge in [0, 0.05) is 23.9 Å². The minimum Gasteiger partial charge on any atom is -0.494 e. The molecule has 4 rings (SSSR count). The van der Waals surface area contributed by atoms with Gasteiger partial charge >= 0.3 is 0 Å². The molecule has 0 atom stereocenters. The summed E-state index contributed by atoms with van der Waals surface area (Å²) in [5.74, 6) is 1.17. The summed E-state index contributed by atoms with van der Waals surface area (Å²) in [4.78, 5) is 6.12. The van der Waals surface area contributed by atoms with Crippen molar-refractivity contribution in [3.63, 3.8) is 0 Å². The van der Waals surface area contributed by atoms with E-state index in [1.165, 1.54) is 36.3 Å². The van der Waals surface area contributed by atoms with Crippen LogP contribution in [-0.4, -0.2) is 26.9 Å². The van der Waals surface area contributed by atoms with Crippen molar-refractivity contribution < 1.29 is 9.13 Å². The number of hydrogen-bond acceptors (Lipinski definition) is 7. The van der Waals surface area contributed by atoms with Gasteiger partial charge in [-0.3, -0.25) is 0 Å². The third kappa shape index (κ3) is 3.31. The number of anilines is 1. The third-order valence-corrected chi connectivity index (χ3v) is 6.49. The van der Waals surface area contributed by atoms with Gasteiger partial charge in [0.05, 0.1) is 17.7 Å². The Hall–Kier alpha value is -2.65. The number of hydrogen-bond donors (Lipinski definition) is 1. The average molecular weight is 416 g/mol. The summed E-state index contributed by atoms with van der Waals surface area (Å²) in [5, 5.41) is 10.4. The quantitative estimate of drug-likeness (QED) is 0.464. The fourth-order valence-corrected chi connectivity index (χ4v) is 4.92. The number of thioether (sulfide) groups is 1. The summed E-state index contributed by atoms with van der Waals surface area (Å²) in [6.07, 6.45) is 1.75. The Morgan fingerprint density at radius 1 is 1.29 bits per heavy atom. The van der Waals surface area contributed by atoms with E-state index in [-0.39, 0.29) is 11.6 Å². The van der Waals surface area contributed by atoms with E-state index in [0.29, 0.717) is 18.0 Å². The standard InChI is InChI=1S/C19H18FN5OS2/c1-3-25-17(16-15(21)12-5-4-8-22-18(12)28-16)23-24-19(25)27-10-11-6-7-14(26-2)13(20)9-11/h4-9H,3,10,21H2,1-2H3. The van der Waals surface area contributed by atoms with Gasteiger partial charge in [-0.25, -0.2) is 9.37 Å². The lowest BCUT2D eigenvalue weighted by Crippen LogP contribution is -2.00. The summed E-state index contributed by atoms with van der Waals surface area (Å²) < 4.78 is 20.9. The maximum atomic E-state index is 13.9. The van der Waals surface area contributed by atoms with Crippen LogP contribution in [0, 0.1) is 5.82 Å². The van der Waals surface area contributed by atoms with Crippen molar-refractivity contribution in [1.82, 2.24) is 19.7 Å². The molecule has 3 aromatic heterocycles. The van der Waals surface area contributed by atoms with E-state index in [1.807, 2.05) is 29.7 Å². The van der Waals surface area contributed by atoms with Gasteiger partial charge in [0.1, 0.15) is 4.83 Å². The second kappa shape index (κ2) is 7.76. The molecule has 144 valence electrons. The number of nitrogen functional groups attached to an aromatic ring is 1. The molecule has 1 aromatic carbocycles. The Morgan fingerprint density at radius 2 is 2.14 bits per heavy atom. The molecule has 0 aliphatic rings. The van der Waals surface area contributed by atoms with Crippen molar-refractivity contribution in [2.75, 3.05) is 12.8 Å². The SMILES string of the molecule is CCn1c(SCc2ccc(OC)c(F)c2)nnc1-c1sc2ncccc2c1N. The predicted octanol–water partition coefficient (Wildman–Crippen LogP) is 4.60. The smallest absolute Gasteiger partial charge is 0.191 e. The van der Waals surface area contributed by atoms with Crippen LogP contribution in [-0.2, 0) is 12.3 Å². The molecule has 0 fully saturated rings. The van der Waals surface area contributed by atoms with Crippen LogP contribution in [0.5, 0.6) is 5.75 Å². The molecule has 0 aliphatic carbocycles. The largest absolute Gasteiger partial charge is 0.494 e. The average Bonchev–Trinajstić information content (AvgIpc) is 3.27. The minimum atomic E-state index is -0.371. The van der Waals surface area contributed by atoms with Crippen LogP contribution in [0.25, 0.3) is 20.9 Å². The molecular formula is C19H18FN5OS2. The highest BCUT2D eigenvalue weighted by atomic mass is 32.2. The van der Waals surface area contributed by atoms with Gasteiger partial charge in [-0.15, -0.1) is 21.5 Å². The third-order valence-electron chi connectivity index (χ3n) is 4.32. The van der Waals surface area contributed by atoms with Crippen LogP contribution < -0.4 is 10.5 Å². The molecule has 0 saturated heterocycles. The van der Waals surface area contributed by atoms with Gasteiger partial charge in [0.15, 0.2) is 22.5 Å². The van der Waals surface area contributed by atoms with Crippen LogP contribution >= 0.6 is 23.1 Å². The van der Waals surface area contributed by atoms with E-state index in [9.17, 15) is 4.39 Å². The van der Waals surface area contributed by atoms with Crippen LogP contribution in [0.2, 0.25) is 0 Å². The first-order chi connectivity index (χ1) is 13.6. The highest BCUT2D eigenvalue weighted by Crippen LogP contribution is 2.40. The molecule has 0 radical (unpaired) electrons. The Kier molecular flexibility index (Phi) is 5.19. The highest BCUT2D eigenvalue weighted by Gasteiger charge is 2.20. The van der Waals surface area contributed by atoms with Crippen molar-refractivity contribution in [2.45, 2.75) is 24.4 Å². The maximum absolute atomic E-state index is 13.9. The summed E-state index contributed by atoms with van der Waals surface area (Å²) in [7, 11) is 1.45. The molecule has 4 aromatic rings. The number of fused-ring (bicyclic) bond motifs is 1. The summed E-state index contributed by atoms with van der Waals surface area (Å²) in [6.45, 7) is 2.73.